The zero-order valence-corrected chi connectivity index (χ0v) is 13.9. The number of hydrogen-bond donors (Lipinski definition) is 1. The summed E-state index contributed by atoms with van der Waals surface area (Å²) >= 11 is 0. The summed E-state index contributed by atoms with van der Waals surface area (Å²) in [6.07, 6.45) is 9.79. The first-order chi connectivity index (χ1) is 10.3. The van der Waals surface area contributed by atoms with Gasteiger partial charge in [0.05, 0.1) is 6.61 Å². The van der Waals surface area contributed by atoms with E-state index in [1.807, 2.05) is 0 Å². The fourth-order valence-corrected chi connectivity index (χ4v) is 2.75. The average molecular weight is 291 g/mol. The molecule has 1 atom stereocenters. The maximum atomic E-state index is 5.81. The van der Waals surface area contributed by atoms with Gasteiger partial charge in [-0.1, -0.05) is 51.7 Å². The zero-order chi connectivity index (χ0) is 15.3. The predicted octanol–water partition coefficient (Wildman–Crippen LogP) is 5.27. The van der Waals surface area contributed by atoms with Crippen LogP contribution in [0, 0.1) is 0 Å². The second kappa shape index (κ2) is 11.6. The summed E-state index contributed by atoms with van der Waals surface area (Å²) in [5, 5.41) is 0. The van der Waals surface area contributed by atoms with Gasteiger partial charge in [-0.15, -0.1) is 0 Å². The van der Waals surface area contributed by atoms with Gasteiger partial charge < -0.3 is 10.5 Å². The molecule has 0 radical (unpaired) electrons. The second-order valence-corrected chi connectivity index (χ2v) is 5.89. The smallest absolute Gasteiger partial charge is 0.119 e. The molecule has 21 heavy (non-hydrogen) atoms. The molecule has 0 aliphatic carbocycles. The van der Waals surface area contributed by atoms with Crippen LogP contribution in [-0.2, 0) is 0 Å². The van der Waals surface area contributed by atoms with Crippen molar-refractivity contribution in [2.24, 2.45) is 5.73 Å². The van der Waals surface area contributed by atoms with Crippen LogP contribution in [0.3, 0.4) is 0 Å². The summed E-state index contributed by atoms with van der Waals surface area (Å²) in [4.78, 5) is 0. The van der Waals surface area contributed by atoms with E-state index in [9.17, 15) is 0 Å². The Morgan fingerprint density at radius 2 is 1.67 bits per heavy atom. The monoisotopic (exact) mass is 291 g/mol. The van der Waals surface area contributed by atoms with Gasteiger partial charge in [-0.05, 0) is 55.8 Å². The van der Waals surface area contributed by atoms with Crippen molar-refractivity contribution < 1.29 is 4.74 Å². The highest BCUT2D eigenvalue weighted by molar-refractivity contribution is 5.29. The summed E-state index contributed by atoms with van der Waals surface area (Å²) in [7, 11) is 0. The molecule has 0 aliphatic heterocycles. The van der Waals surface area contributed by atoms with Crippen molar-refractivity contribution in [3.8, 4) is 5.75 Å². The Hall–Kier alpha value is -1.02. The van der Waals surface area contributed by atoms with Crippen molar-refractivity contribution in [2.75, 3.05) is 13.2 Å². The lowest BCUT2D eigenvalue weighted by atomic mass is 9.90. The number of ether oxygens (including phenoxy) is 1. The minimum atomic E-state index is 0.650. The Kier molecular flexibility index (Phi) is 9.98. The number of hydrogen-bond acceptors (Lipinski definition) is 2. The number of unbranched alkanes of at least 4 members (excludes halogenated alkanes) is 3. The Labute approximate surface area is 131 Å². The highest BCUT2D eigenvalue weighted by Crippen LogP contribution is 2.27. The molecule has 0 fully saturated rings. The Morgan fingerprint density at radius 1 is 0.905 bits per heavy atom. The molecular formula is C19H33NO. The van der Waals surface area contributed by atoms with Crippen LogP contribution in [0.5, 0.6) is 5.75 Å². The lowest BCUT2D eigenvalue weighted by Gasteiger charge is -2.17. The van der Waals surface area contributed by atoms with Gasteiger partial charge in [-0.3, -0.25) is 0 Å². The van der Waals surface area contributed by atoms with E-state index in [0.717, 1.165) is 31.7 Å². The fourth-order valence-electron chi connectivity index (χ4n) is 2.75. The molecule has 1 rings (SSSR count). The highest BCUT2D eigenvalue weighted by Gasteiger charge is 2.10. The number of nitrogens with two attached hydrogens (primary N) is 1. The molecule has 0 aromatic heterocycles. The molecule has 2 nitrogen and oxygen atoms in total. The maximum Gasteiger partial charge on any atom is 0.119 e. The van der Waals surface area contributed by atoms with Crippen molar-refractivity contribution in [1.82, 2.24) is 0 Å². The molecule has 1 aromatic carbocycles. The molecule has 2 heteroatoms. The zero-order valence-electron chi connectivity index (χ0n) is 13.9. The van der Waals surface area contributed by atoms with Crippen LogP contribution in [0.4, 0.5) is 0 Å². The molecule has 0 bridgehead atoms. The average Bonchev–Trinajstić information content (AvgIpc) is 2.52. The van der Waals surface area contributed by atoms with Gasteiger partial charge in [-0.25, -0.2) is 0 Å². The Morgan fingerprint density at radius 3 is 2.29 bits per heavy atom. The quantitative estimate of drug-likeness (QED) is 0.532. The highest BCUT2D eigenvalue weighted by atomic mass is 16.5. The number of benzene rings is 1. The van der Waals surface area contributed by atoms with Gasteiger partial charge in [0, 0.05) is 0 Å². The van der Waals surface area contributed by atoms with Crippen molar-refractivity contribution in [3.63, 3.8) is 0 Å². The summed E-state index contributed by atoms with van der Waals surface area (Å²) in [5.74, 6) is 1.65. The largest absolute Gasteiger partial charge is 0.494 e. The first kappa shape index (κ1) is 18.0. The summed E-state index contributed by atoms with van der Waals surface area (Å²) in [6.45, 7) is 6.12. The third kappa shape index (κ3) is 7.52. The van der Waals surface area contributed by atoms with Crippen LogP contribution in [0.2, 0.25) is 0 Å². The number of rotatable bonds is 12. The van der Waals surface area contributed by atoms with Crippen molar-refractivity contribution in [3.05, 3.63) is 29.8 Å². The van der Waals surface area contributed by atoms with Crippen LogP contribution in [0.15, 0.2) is 24.3 Å². The van der Waals surface area contributed by atoms with E-state index in [4.69, 9.17) is 10.5 Å². The van der Waals surface area contributed by atoms with E-state index < -0.39 is 0 Å². The molecule has 0 saturated heterocycles. The van der Waals surface area contributed by atoms with E-state index >= 15 is 0 Å². The SMILES string of the molecule is CCCCCCOc1ccc(C(CCC)CCCN)cc1. The van der Waals surface area contributed by atoms with E-state index in [0.29, 0.717) is 5.92 Å². The lowest BCUT2D eigenvalue weighted by molar-refractivity contribution is 0.305. The molecule has 0 aliphatic rings. The predicted molar refractivity (Wildman–Crippen MR) is 92.0 cm³/mol. The fraction of sp³-hybridized carbons (Fsp3) is 0.684. The van der Waals surface area contributed by atoms with E-state index in [2.05, 4.69) is 38.1 Å². The van der Waals surface area contributed by atoms with Crippen LogP contribution in [0.25, 0.3) is 0 Å². The lowest BCUT2D eigenvalue weighted by Crippen LogP contribution is -2.04. The normalized spacial score (nSPS) is 12.3. The summed E-state index contributed by atoms with van der Waals surface area (Å²) in [6, 6.07) is 8.72. The minimum absolute atomic E-state index is 0.650. The third-order valence-corrected chi connectivity index (χ3v) is 4.01. The molecule has 120 valence electrons. The van der Waals surface area contributed by atoms with Crippen molar-refractivity contribution >= 4 is 0 Å². The van der Waals surface area contributed by atoms with Crippen molar-refractivity contribution in [2.45, 2.75) is 71.1 Å². The van der Waals surface area contributed by atoms with Gasteiger partial charge in [-0.2, -0.15) is 0 Å². The Bertz CT molecular complexity index is 347. The first-order valence-electron chi connectivity index (χ1n) is 8.74. The Balaban J connectivity index is 2.43. The van der Waals surface area contributed by atoms with Crippen molar-refractivity contribution in [1.29, 1.82) is 0 Å². The van der Waals surface area contributed by atoms with E-state index in [-0.39, 0.29) is 0 Å². The van der Waals surface area contributed by atoms with Gasteiger partial charge in [0.25, 0.3) is 0 Å². The molecule has 0 saturated carbocycles. The van der Waals surface area contributed by atoms with Gasteiger partial charge in [0.15, 0.2) is 0 Å². The van der Waals surface area contributed by atoms with Gasteiger partial charge >= 0.3 is 0 Å². The minimum Gasteiger partial charge on any atom is -0.494 e. The first-order valence-corrected chi connectivity index (χ1v) is 8.74. The van der Waals surface area contributed by atoms with E-state index in [1.165, 1.54) is 44.1 Å². The molecule has 0 amide bonds. The summed E-state index contributed by atoms with van der Waals surface area (Å²) < 4.78 is 5.81. The molecule has 2 N–H and O–H groups in total. The van der Waals surface area contributed by atoms with Crippen LogP contribution in [0.1, 0.15) is 76.7 Å². The molecular weight excluding hydrogens is 258 g/mol. The second-order valence-electron chi connectivity index (χ2n) is 5.89. The summed E-state index contributed by atoms with van der Waals surface area (Å²) in [5.41, 5.74) is 7.08. The van der Waals surface area contributed by atoms with Crippen LogP contribution >= 0.6 is 0 Å². The van der Waals surface area contributed by atoms with Crippen LogP contribution in [-0.4, -0.2) is 13.2 Å². The van der Waals surface area contributed by atoms with Gasteiger partial charge in [0.1, 0.15) is 5.75 Å². The maximum absolute atomic E-state index is 5.81. The van der Waals surface area contributed by atoms with Crippen LogP contribution < -0.4 is 10.5 Å². The van der Waals surface area contributed by atoms with E-state index in [1.54, 1.807) is 0 Å². The molecule has 0 spiro atoms. The molecule has 1 aromatic rings. The molecule has 0 heterocycles. The van der Waals surface area contributed by atoms with Gasteiger partial charge in [0.2, 0.25) is 0 Å². The third-order valence-electron chi connectivity index (χ3n) is 4.01. The topological polar surface area (TPSA) is 35.2 Å². The standard InChI is InChI=1S/C19H33NO/c1-3-5-6-7-16-21-19-13-11-18(12-14-19)17(9-4-2)10-8-15-20/h11-14,17H,3-10,15-16,20H2,1-2H3. The molecule has 1 unspecified atom stereocenters.